The normalized spacial score (nSPS) is 15.4. The number of carbonyl (C=O) groups excluding carboxylic acids is 2. The number of nitrogens with zero attached hydrogens (tertiary/aromatic N) is 3. The third kappa shape index (κ3) is 9.48. The SMILES string of the molecule is CCCCCCCCn1c(C)c(C2(c3c(C)n(CCCCCCCC)c4ccccc34)OC(=O)c3ccccc32)c2ccccc21.CCN(c1ccc(C)cc1)c1ccc2c(c1)Oc1ccc(C)cc1C21OC(=O)c2ccccc21. The Morgan fingerprint density at radius 3 is 1.46 bits per heavy atom. The molecule has 0 aliphatic carbocycles. The van der Waals surface area contributed by atoms with Crippen molar-refractivity contribution in [2.24, 2.45) is 0 Å². The van der Waals surface area contributed by atoms with Gasteiger partial charge in [-0.05, 0) is 108 Å². The molecule has 8 nitrogen and oxygen atoms in total. The molecule has 0 amide bonds. The third-order valence-electron chi connectivity index (χ3n) is 17.2. The number of benzene rings is 7. The number of rotatable bonds is 19. The average molecular weight is 1060 g/mol. The maximum absolute atomic E-state index is 13.9. The van der Waals surface area contributed by atoms with Gasteiger partial charge in [0.05, 0.1) is 11.1 Å². The van der Waals surface area contributed by atoms with Crippen molar-refractivity contribution in [3.8, 4) is 11.5 Å². The average Bonchev–Trinajstić information content (AvgIpc) is 4.33. The molecule has 1 spiro atoms. The number of aryl methyl sites for hydroxylation is 4. The van der Waals surface area contributed by atoms with Gasteiger partial charge in [0.1, 0.15) is 11.5 Å². The predicted octanol–water partition coefficient (Wildman–Crippen LogP) is 18.4. The summed E-state index contributed by atoms with van der Waals surface area (Å²) in [5.41, 5.74) is 14.2. The van der Waals surface area contributed by atoms with Gasteiger partial charge in [-0.2, -0.15) is 0 Å². The Labute approximate surface area is 473 Å². The molecule has 3 aliphatic heterocycles. The van der Waals surface area contributed by atoms with Crippen LogP contribution in [0.25, 0.3) is 21.8 Å². The number of unbranched alkanes of at least 4 members (excludes halogenated alkanes) is 10. The molecule has 80 heavy (non-hydrogen) atoms. The molecule has 7 aromatic carbocycles. The number of para-hydroxylation sites is 2. The molecule has 5 heterocycles. The van der Waals surface area contributed by atoms with Crippen LogP contribution in [0.1, 0.15) is 174 Å². The zero-order chi connectivity index (χ0) is 55.5. The van der Waals surface area contributed by atoms with E-state index >= 15 is 0 Å². The highest BCUT2D eigenvalue weighted by Crippen LogP contribution is 2.58. The molecule has 2 aromatic heterocycles. The number of hydrogen-bond donors (Lipinski definition) is 0. The Hall–Kier alpha value is -7.84. The standard InChI is InChI=1S/C42H52N2O2.C30H25NO3/c1-5-7-9-11-13-21-29-43-31(3)39(34-24-16-19-27-37(34)43)42(36-26-18-15-23-33(36)41(45)46-42)40-32(4)44(30-22-14-12-10-8-6-2)38-28-20-17-25-35(38)40;1-4-31(21-12-9-19(2)10-13-21)22-14-15-25-28(18-22)33-27-16-11-20(3)17-26(27)30(25)24-8-6-5-7-23(24)29(32)34-30/h15-20,23-28H,5-14,21-22,29-30H2,1-4H3;5-18H,4H2,1-3H3. The number of hydrogen-bond acceptors (Lipinski definition) is 6. The maximum atomic E-state index is 13.9. The van der Waals surface area contributed by atoms with Crippen LogP contribution in [-0.2, 0) is 33.8 Å². The molecule has 0 fully saturated rings. The summed E-state index contributed by atoms with van der Waals surface area (Å²) in [6.07, 6.45) is 15.1. The Kier molecular flexibility index (Phi) is 15.6. The number of anilines is 2. The van der Waals surface area contributed by atoms with E-state index in [1.165, 1.54) is 103 Å². The molecule has 0 saturated heterocycles. The third-order valence-corrected chi connectivity index (χ3v) is 17.2. The zero-order valence-corrected chi connectivity index (χ0v) is 48.0. The van der Waals surface area contributed by atoms with Crippen LogP contribution in [0.15, 0.2) is 158 Å². The molecule has 3 aliphatic rings. The van der Waals surface area contributed by atoms with Gasteiger partial charge in [0.25, 0.3) is 0 Å². The van der Waals surface area contributed by atoms with Gasteiger partial charge in [0.15, 0.2) is 11.2 Å². The highest BCUT2D eigenvalue weighted by atomic mass is 16.6. The van der Waals surface area contributed by atoms with Crippen LogP contribution in [0.4, 0.5) is 11.4 Å². The summed E-state index contributed by atoms with van der Waals surface area (Å²) in [4.78, 5) is 29.1. The number of aromatic nitrogens is 2. The van der Waals surface area contributed by atoms with E-state index < -0.39 is 11.2 Å². The van der Waals surface area contributed by atoms with Crippen LogP contribution in [0.2, 0.25) is 0 Å². The number of ether oxygens (including phenoxy) is 3. The van der Waals surface area contributed by atoms with E-state index in [0.29, 0.717) is 22.6 Å². The highest BCUT2D eigenvalue weighted by molar-refractivity contribution is 6.01. The lowest BCUT2D eigenvalue weighted by molar-refractivity contribution is 0.0221. The molecule has 1 unspecified atom stereocenters. The van der Waals surface area contributed by atoms with Crippen LogP contribution in [-0.4, -0.2) is 27.6 Å². The van der Waals surface area contributed by atoms with Crippen molar-refractivity contribution >= 4 is 45.1 Å². The van der Waals surface area contributed by atoms with Crippen molar-refractivity contribution < 1.29 is 23.8 Å². The summed E-state index contributed by atoms with van der Waals surface area (Å²) in [6.45, 7) is 18.0. The monoisotopic (exact) mass is 1060 g/mol. The molecule has 9 aromatic rings. The molecule has 12 rings (SSSR count). The van der Waals surface area contributed by atoms with Gasteiger partial charge in [-0.1, -0.05) is 180 Å². The van der Waals surface area contributed by atoms with Gasteiger partial charge in [-0.15, -0.1) is 0 Å². The van der Waals surface area contributed by atoms with E-state index in [0.717, 1.165) is 82.8 Å². The minimum absolute atomic E-state index is 0.241. The number of cyclic esters (lactones) is 1. The number of esters is 2. The molecule has 0 N–H and O–H groups in total. The highest BCUT2D eigenvalue weighted by Gasteiger charge is 2.55. The smallest absolute Gasteiger partial charge is 0.340 e. The fourth-order valence-corrected chi connectivity index (χ4v) is 13.3. The second-order valence-corrected chi connectivity index (χ2v) is 22.4. The molecular formula is C72H77N3O5. The van der Waals surface area contributed by atoms with Crippen LogP contribution in [0.3, 0.4) is 0 Å². The lowest BCUT2D eigenvalue weighted by atomic mass is 9.77. The van der Waals surface area contributed by atoms with Gasteiger partial charge in [0, 0.05) is 104 Å². The van der Waals surface area contributed by atoms with Gasteiger partial charge >= 0.3 is 11.9 Å². The summed E-state index contributed by atoms with van der Waals surface area (Å²) in [7, 11) is 0. The van der Waals surface area contributed by atoms with Crippen molar-refractivity contribution in [1.82, 2.24) is 9.13 Å². The van der Waals surface area contributed by atoms with Gasteiger partial charge in [0.2, 0.25) is 0 Å². The van der Waals surface area contributed by atoms with E-state index in [1.807, 2.05) is 61.5 Å². The van der Waals surface area contributed by atoms with E-state index in [2.05, 4.69) is 159 Å². The first-order valence-corrected chi connectivity index (χ1v) is 29.7. The van der Waals surface area contributed by atoms with E-state index in [1.54, 1.807) is 0 Å². The van der Waals surface area contributed by atoms with E-state index in [4.69, 9.17) is 14.2 Å². The lowest BCUT2D eigenvalue weighted by Gasteiger charge is -2.37. The maximum Gasteiger partial charge on any atom is 0.340 e. The summed E-state index contributed by atoms with van der Waals surface area (Å²) < 4.78 is 24.6. The van der Waals surface area contributed by atoms with Crippen molar-refractivity contribution in [3.63, 3.8) is 0 Å². The van der Waals surface area contributed by atoms with Crippen molar-refractivity contribution in [2.75, 3.05) is 11.4 Å². The fraction of sp³-hybridized carbons (Fsp3) is 0.333. The Morgan fingerprint density at radius 2 is 0.900 bits per heavy atom. The van der Waals surface area contributed by atoms with E-state index in [-0.39, 0.29) is 11.9 Å². The number of carbonyl (C=O) groups is 2. The topological polar surface area (TPSA) is 74.9 Å². The Balaban J connectivity index is 0.000000176. The molecule has 0 bridgehead atoms. The quantitative estimate of drug-likeness (QED) is 0.0593. The van der Waals surface area contributed by atoms with Crippen molar-refractivity contribution in [2.45, 2.75) is 150 Å². The van der Waals surface area contributed by atoms with Crippen LogP contribution >= 0.6 is 0 Å². The van der Waals surface area contributed by atoms with Crippen LogP contribution < -0.4 is 9.64 Å². The van der Waals surface area contributed by atoms with Crippen LogP contribution in [0, 0.1) is 27.7 Å². The largest absolute Gasteiger partial charge is 0.456 e. The second kappa shape index (κ2) is 23.1. The van der Waals surface area contributed by atoms with Gasteiger partial charge < -0.3 is 28.2 Å². The first-order chi connectivity index (χ1) is 39.0. The Morgan fingerprint density at radius 1 is 0.425 bits per heavy atom. The van der Waals surface area contributed by atoms with Gasteiger partial charge in [-0.3, -0.25) is 0 Å². The molecule has 0 saturated carbocycles. The van der Waals surface area contributed by atoms with Crippen molar-refractivity contribution in [1.29, 1.82) is 0 Å². The molecule has 410 valence electrons. The van der Waals surface area contributed by atoms with Crippen molar-refractivity contribution in [3.05, 3.63) is 225 Å². The first kappa shape index (κ1) is 54.1. The minimum Gasteiger partial charge on any atom is -0.456 e. The molecule has 0 radical (unpaired) electrons. The lowest BCUT2D eigenvalue weighted by Crippen LogP contribution is -2.33. The summed E-state index contributed by atoms with van der Waals surface area (Å²) in [6, 6.07) is 54.0. The first-order valence-electron chi connectivity index (χ1n) is 29.7. The Bertz CT molecular complexity index is 3630. The summed E-state index contributed by atoms with van der Waals surface area (Å²) in [5, 5.41) is 2.34. The summed E-state index contributed by atoms with van der Waals surface area (Å²) >= 11 is 0. The fourth-order valence-electron chi connectivity index (χ4n) is 13.3. The second-order valence-electron chi connectivity index (χ2n) is 22.4. The molecule has 1 atom stereocenters. The van der Waals surface area contributed by atoms with Crippen LogP contribution in [0.5, 0.6) is 11.5 Å². The predicted molar refractivity (Wildman–Crippen MR) is 325 cm³/mol. The molecular weight excluding hydrogens is 987 g/mol. The minimum atomic E-state index is -1.04. The summed E-state index contributed by atoms with van der Waals surface area (Å²) in [5.74, 6) is 0.854. The molecule has 8 heteroatoms. The van der Waals surface area contributed by atoms with E-state index in [9.17, 15) is 9.59 Å². The number of fused-ring (bicyclic) bond motifs is 9. The zero-order valence-electron chi connectivity index (χ0n) is 48.0. The van der Waals surface area contributed by atoms with Gasteiger partial charge in [-0.25, -0.2) is 9.59 Å².